The van der Waals surface area contributed by atoms with Crippen LogP contribution >= 0.6 is 0 Å². The lowest BCUT2D eigenvalue weighted by molar-refractivity contribution is 0.186. The minimum atomic E-state index is 0.626. The smallest absolute Gasteiger partial charge is 0.0195 e. The monoisotopic (exact) mass is 253 g/mol. The van der Waals surface area contributed by atoms with Crippen LogP contribution in [0.4, 0.5) is 0 Å². The zero-order valence-electron chi connectivity index (χ0n) is 12.5. The van der Waals surface area contributed by atoms with Crippen molar-refractivity contribution in [3.05, 3.63) is 0 Å². The van der Waals surface area contributed by atoms with E-state index < -0.39 is 0 Å². The first-order chi connectivity index (χ1) is 8.65. The van der Waals surface area contributed by atoms with Gasteiger partial charge in [-0.25, -0.2) is 0 Å². The van der Waals surface area contributed by atoms with E-state index in [0.717, 1.165) is 12.0 Å². The van der Waals surface area contributed by atoms with Gasteiger partial charge in [-0.05, 0) is 58.3 Å². The van der Waals surface area contributed by atoms with E-state index >= 15 is 0 Å². The minimum absolute atomic E-state index is 0.626. The molecule has 0 aromatic rings. The number of hydrogen-bond acceptors (Lipinski definition) is 3. The van der Waals surface area contributed by atoms with Crippen LogP contribution in [-0.2, 0) is 0 Å². The van der Waals surface area contributed by atoms with Gasteiger partial charge in [0.2, 0.25) is 0 Å². The molecule has 18 heavy (non-hydrogen) atoms. The van der Waals surface area contributed by atoms with Crippen LogP contribution in [0.1, 0.15) is 40.0 Å². The summed E-state index contributed by atoms with van der Waals surface area (Å²) < 4.78 is 0. The van der Waals surface area contributed by atoms with E-state index in [1.165, 1.54) is 58.5 Å². The summed E-state index contributed by atoms with van der Waals surface area (Å²) in [6.45, 7) is 14.6. The molecule has 2 heterocycles. The molecule has 0 spiro atoms. The maximum absolute atomic E-state index is 3.58. The number of rotatable bonds is 6. The molecular formula is C15H31N3. The van der Waals surface area contributed by atoms with Gasteiger partial charge in [-0.1, -0.05) is 13.8 Å². The molecule has 2 fully saturated rings. The highest BCUT2D eigenvalue weighted by molar-refractivity contribution is 4.83. The molecule has 2 rings (SSSR count). The normalized spacial score (nSPS) is 28.3. The Hall–Kier alpha value is -0.120. The van der Waals surface area contributed by atoms with Gasteiger partial charge in [0.25, 0.3) is 0 Å². The summed E-state index contributed by atoms with van der Waals surface area (Å²) in [6.07, 6.45) is 4.20. The molecule has 1 N–H and O–H groups in total. The lowest BCUT2D eigenvalue weighted by Crippen LogP contribution is -2.41. The van der Waals surface area contributed by atoms with Crippen LogP contribution in [0.5, 0.6) is 0 Å². The predicted molar refractivity (Wildman–Crippen MR) is 78.0 cm³/mol. The molecule has 0 aromatic carbocycles. The Labute approximate surface area is 113 Å². The van der Waals surface area contributed by atoms with Crippen molar-refractivity contribution in [3.8, 4) is 0 Å². The second-order valence-electron chi connectivity index (χ2n) is 6.57. The number of nitrogens with zero attached hydrogens (tertiary/aromatic N) is 2. The van der Waals surface area contributed by atoms with E-state index in [-0.39, 0.29) is 0 Å². The van der Waals surface area contributed by atoms with E-state index in [1.54, 1.807) is 0 Å². The molecule has 106 valence electrons. The largest absolute Gasteiger partial charge is 0.314 e. The van der Waals surface area contributed by atoms with E-state index in [9.17, 15) is 0 Å². The van der Waals surface area contributed by atoms with E-state index in [0.29, 0.717) is 6.04 Å². The summed E-state index contributed by atoms with van der Waals surface area (Å²) in [5, 5.41) is 3.58. The van der Waals surface area contributed by atoms with Crippen molar-refractivity contribution in [1.82, 2.24) is 15.1 Å². The molecule has 0 aromatic heterocycles. The zero-order chi connectivity index (χ0) is 13.0. The molecule has 2 atom stereocenters. The van der Waals surface area contributed by atoms with Crippen molar-refractivity contribution < 1.29 is 0 Å². The summed E-state index contributed by atoms with van der Waals surface area (Å²) in [7, 11) is 0. The maximum Gasteiger partial charge on any atom is 0.0195 e. The highest BCUT2D eigenvalue weighted by atomic mass is 15.2. The molecule has 2 saturated heterocycles. The minimum Gasteiger partial charge on any atom is -0.314 e. The lowest BCUT2D eigenvalue weighted by atomic mass is 10.1. The van der Waals surface area contributed by atoms with Gasteiger partial charge >= 0.3 is 0 Å². The van der Waals surface area contributed by atoms with Crippen molar-refractivity contribution >= 4 is 0 Å². The molecule has 0 amide bonds. The molecule has 0 aliphatic carbocycles. The van der Waals surface area contributed by atoms with Gasteiger partial charge < -0.3 is 10.2 Å². The van der Waals surface area contributed by atoms with Crippen LogP contribution in [0.2, 0.25) is 0 Å². The van der Waals surface area contributed by atoms with Gasteiger partial charge in [0, 0.05) is 25.2 Å². The van der Waals surface area contributed by atoms with Crippen LogP contribution < -0.4 is 5.32 Å². The van der Waals surface area contributed by atoms with Crippen molar-refractivity contribution in [2.45, 2.75) is 52.1 Å². The Morgan fingerprint density at radius 3 is 2.50 bits per heavy atom. The molecule has 0 radical (unpaired) electrons. The maximum atomic E-state index is 3.58. The predicted octanol–water partition coefficient (Wildman–Crippen LogP) is 1.79. The Morgan fingerprint density at radius 2 is 1.83 bits per heavy atom. The topological polar surface area (TPSA) is 18.5 Å². The standard InChI is InChI=1S/C15H31N3/c1-13(2)16-10-15-6-9-18(12-15)14(3)11-17-7-4-5-8-17/h13-16H,4-12H2,1-3H3. The van der Waals surface area contributed by atoms with Crippen LogP contribution in [0.3, 0.4) is 0 Å². The second kappa shape index (κ2) is 6.88. The molecule has 2 aliphatic rings. The highest BCUT2D eigenvalue weighted by Gasteiger charge is 2.27. The molecule has 0 saturated carbocycles. The third-order valence-corrected chi connectivity index (χ3v) is 4.48. The molecule has 3 nitrogen and oxygen atoms in total. The molecule has 2 unspecified atom stereocenters. The Kier molecular flexibility index (Phi) is 5.46. The summed E-state index contributed by atoms with van der Waals surface area (Å²) in [4.78, 5) is 5.34. The van der Waals surface area contributed by atoms with E-state index in [4.69, 9.17) is 0 Å². The van der Waals surface area contributed by atoms with Crippen LogP contribution in [0.25, 0.3) is 0 Å². The van der Waals surface area contributed by atoms with Crippen LogP contribution in [0, 0.1) is 5.92 Å². The average Bonchev–Trinajstić information content (AvgIpc) is 2.96. The van der Waals surface area contributed by atoms with Crippen LogP contribution in [-0.4, -0.2) is 61.2 Å². The van der Waals surface area contributed by atoms with E-state index in [1.807, 2.05) is 0 Å². The average molecular weight is 253 g/mol. The van der Waals surface area contributed by atoms with Gasteiger partial charge in [-0.3, -0.25) is 4.90 Å². The summed E-state index contributed by atoms with van der Waals surface area (Å²) in [5.74, 6) is 0.869. The van der Waals surface area contributed by atoms with Crippen molar-refractivity contribution in [1.29, 1.82) is 0 Å². The fourth-order valence-corrected chi connectivity index (χ4v) is 3.29. The molecule has 0 bridgehead atoms. The summed E-state index contributed by atoms with van der Waals surface area (Å²) >= 11 is 0. The quantitative estimate of drug-likeness (QED) is 0.778. The lowest BCUT2D eigenvalue weighted by Gasteiger charge is -2.28. The first kappa shape index (κ1) is 14.3. The third kappa shape index (κ3) is 4.22. The Bertz CT molecular complexity index is 236. The van der Waals surface area contributed by atoms with Crippen molar-refractivity contribution in [2.24, 2.45) is 5.92 Å². The molecule has 3 heteroatoms. The van der Waals surface area contributed by atoms with E-state index in [2.05, 4.69) is 35.9 Å². The Balaban J connectivity index is 1.67. The van der Waals surface area contributed by atoms with Gasteiger partial charge in [-0.15, -0.1) is 0 Å². The van der Waals surface area contributed by atoms with Gasteiger partial charge in [0.15, 0.2) is 0 Å². The Morgan fingerprint density at radius 1 is 1.11 bits per heavy atom. The fourth-order valence-electron chi connectivity index (χ4n) is 3.29. The third-order valence-electron chi connectivity index (χ3n) is 4.48. The fraction of sp³-hybridized carbons (Fsp3) is 1.00. The van der Waals surface area contributed by atoms with Crippen LogP contribution in [0.15, 0.2) is 0 Å². The summed E-state index contributed by atoms with van der Waals surface area (Å²) in [6, 6.07) is 1.37. The number of likely N-dealkylation sites (tertiary alicyclic amines) is 2. The SMILES string of the molecule is CC(C)NCC1CCN(C(C)CN2CCCC2)C1. The molecular weight excluding hydrogens is 222 g/mol. The highest BCUT2D eigenvalue weighted by Crippen LogP contribution is 2.19. The van der Waals surface area contributed by atoms with Gasteiger partial charge in [0.05, 0.1) is 0 Å². The summed E-state index contributed by atoms with van der Waals surface area (Å²) in [5.41, 5.74) is 0. The number of hydrogen-bond donors (Lipinski definition) is 1. The van der Waals surface area contributed by atoms with Crippen molar-refractivity contribution in [3.63, 3.8) is 0 Å². The molecule has 2 aliphatic heterocycles. The number of nitrogens with one attached hydrogen (secondary N) is 1. The van der Waals surface area contributed by atoms with Gasteiger partial charge in [0.1, 0.15) is 0 Å². The first-order valence-corrected chi connectivity index (χ1v) is 7.85. The van der Waals surface area contributed by atoms with Gasteiger partial charge in [-0.2, -0.15) is 0 Å². The van der Waals surface area contributed by atoms with Crippen molar-refractivity contribution in [2.75, 3.05) is 39.3 Å². The first-order valence-electron chi connectivity index (χ1n) is 7.85. The second-order valence-corrected chi connectivity index (χ2v) is 6.57. The zero-order valence-corrected chi connectivity index (χ0v) is 12.5.